The van der Waals surface area contributed by atoms with Crippen LogP contribution >= 0.6 is 0 Å². The van der Waals surface area contributed by atoms with E-state index in [9.17, 15) is 0 Å². The van der Waals surface area contributed by atoms with Crippen molar-refractivity contribution in [2.24, 2.45) is 0 Å². The fraction of sp³-hybridized carbons (Fsp3) is 0.400. The number of nitrogen functional groups attached to an aromatic ring is 2. The van der Waals surface area contributed by atoms with Crippen LogP contribution in [0.4, 0.5) is 11.4 Å². The van der Waals surface area contributed by atoms with Crippen molar-refractivity contribution < 1.29 is 4.74 Å². The van der Waals surface area contributed by atoms with Crippen LogP contribution in [0.25, 0.3) is 0 Å². The van der Waals surface area contributed by atoms with E-state index in [0.29, 0.717) is 6.10 Å². The molecule has 0 aromatic heterocycles. The van der Waals surface area contributed by atoms with Gasteiger partial charge in [0, 0.05) is 11.4 Å². The molecule has 0 bridgehead atoms. The highest BCUT2D eigenvalue weighted by atomic mass is 16.6. The standard InChI is InChI=1S/C10H14N2O/c11-8-3-7(4-9(12)5-8)1-2-10-6-13-10/h3-5,10H,1-2,6,11-12H2. The van der Waals surface area contributed by atoms with E-state index in [0.717, 1.165) is 30.8 Å². The number of hydrogen-bond donors (Lipinski definition) is 2. The van der Waals surface area contributed by atoms with Crippen molar-refractivity contribution in [2.75, 3.05) is 18.1 Å². The Labute approximate surface area is 77.7 Å². The van der Waals surface area contributed by atoms with Gasteiger partial charge in [0.2, 0.25) is 0 Å². The fourth-order valence-corrected chi connectivity index (χ4v) is 1.45. The van der Waals surface area contributed by atoms with Gasteiger partial charge in [0.15, 0.2) is 0 Å². The number of benzene rings is 1. The first-order valence-corrected chi connectivity index (χ1v) is 4.50. The Balaban J connectivity index is 2.01. The minimum Gasteiger partial charge on any atom is -0.399 e. The van der Waals surface area contributed by atoms with Crippen LogP contribution in [0.15, 0.2) is 18.2 Å². The van der Waals surface area contributed by atoms with Gasteiger partial charge in [0.25, 0.3) is 0 Å². The lowest BCUT2D eigenvalue weighted by Gasteiger charge is -2.03. The van der Waals surface area contributed by atoms with E-state index in [4.69, 9.17) is 16.2 Å². The third kappa shape index (κ3) is 2.36. The summed E-state index contributed by atoms with van der Waals surface area (Å²) in [4.78, 5) is 0. The quantitative estimate of drug-likeness (QED) is 0.539. The molecule has 1 atom stereocenters. The second kappa shape index (κ2) is 3.26. The zero-order chi connectivity index (χ0) is 9.26. The molecule has 1 aromatic rings. The van der Waals surface area contributed by atoms with E-state index in [2.05, 4.69) is 0 Å². The summed E-state index contributed by atoms with van der Waals surface area (Å²) >= 11 is 0. The highest BCUT2D eigenvalue weighted by Gasteiger charge is 2.21. The number of rotatable bonds is 3. The molecular formula is C10H14N2O. The van der Waals surface area contributed by atoms with Crippen molar-refractivity contribution >= 4 is 11.4 Å². The van der Waals surface area contributed by atoms with Gasteiger partial charge in [-0.05, 0) is 36.6 Å². The van der Waals surface area contributed by atoms with Crippen LogP contribution in [0, 0.1) is 0 Å². The Bertz CT molecular complexity index is 288. The third-order valence-electron chi connectivity index (χ3n) is 2.19. The van der Waals surface area contributed by atoms with Gasteiger partial charge in [-0.3, -0.25) is 0 Å². The number of epoxide rings is 1. The normalized spacial score (nSPS) is 20.2. The molecular weight excluding hydrogens is 164 g/mol. The predicted octanol–water partition coefficient (Wildman–Crippen LogP) is 1.18. The second-order valence-corrected chi connectivity index (χ2v) is 3.50. The fourth-order valence-electron chi connectivity index (χ4n) is 1.45. The van der Waals surface area contributed by atoms with E-state index in [1.165, 1.54) is 5.56 Å². The zero-order valence-corrected chi connectivity index (χ0v) is 7.49. The molecule has 13 heavy (non-hydrogen) atoms. The van der Waals surface area contributed by atoms with Crippen molar-refractivity contribution in [1.82, 2.24) is 0 Å². The molecule has 1 aromatic carbocycles. The zero-order valence-electron chi connectivity index (χ0n) is 7.49. The minimum atomic E-state index is 0.475. The molecule has 1 aliphatic heterocycles. The number of nitrogens with two attached hydrogens (primary N) is 2. The van der Waals surface area contributed by atoms with Gasteiger partial charge in [0.1, 0.15) is 0 Å². The van der Waals surface area contributed by atoms with Crippen LogP contribution < -0.4 is 11.5 Å². The first-order chi connectivity index (χ1) is 6.24. The van der Waals surface area contributed by atoms with Gasteiger partial charge >= 0.3 is 0 Å². The molecule has 0 saturated carbocycles. The Kier molecular flexibility index (Phi) is 2.10. The lowest BCUT2D eigenvalue weighted by atomic mass is 10.1. The van der Waals surface area contributed by atoms with Gasteiger partial charge in [-0.15, -0.1) is 0 Å². The van der Waals surface area contributed by atoms with Crippen molar-refractivity contribution in [3.63, 3.8) is 0 Å². The van der Waals surface area contributed by atoms with E-state index < -0.39 is 0 Å². The molecule has 3 heteroatoms. The van der Waals surface area contributed by atoms with Crippen LogP contribution in [0.2, 0.25) is 0 Å². The smallest absolute Gasteiger partial charge is 0.0813 e. The van der Waals surface area contributed by atoms with Crippen LogP contribution in [0.5, 0.6) is 0 Å². The Morgan fingerprint density at radius 1 is 1.23 bits per heavy atom. The number of hydrogen-bond acceptors (Lipinski definition) is 3. The summed E-state index contributed by atoms with van der Waals surface area (Å²) in [5, 5.41) is 0. The summed E-state index contributed by atoms with van der Waals surface area (Å²) in [6, 6.07) is 5.72. The van der Waals surface area contributed by atoms with Crippen molar-refractivity contribution in [3.05, 3.63) is 23.8 Å². The Hall–Kier alpha value is -1.22. The first kappa shape index (κ1) is 8.38. The summed E-state index contributed by atoms with van der Waals surface area (Å²) in [5.74, 6) is 0. The van der Waals surface area contributed by atoms with Gasteiger partial charge < -0.3 is 16.2 Å². The summed E-state index contributed by atoms with van der Waals surface area (Å²) in [6.45, 7) is 0.914. The number of anilines is 2. The van der Waals surface area contributed by atoms with Crippen molar-refractivity contribution in [3.8, 4) is 0 Å². The van der Waals surface area contributed by atoms with Crippen LogP contribution in [0.3, 0.4) is 0 Å². The highest BCUT2D eigenvalue weighted by molar-refractivity contribution is 5.54. The summed E-state index contributed by atoms with van der Waals surface area (Å²) < 4.78 is 5.13. The molecule has 4 N–H and O–H groups in total. The predicted molar refractivity (Wildman–Crippen MR) is 53.3 cm³/mol. The summed E-state index contributed by atoms with van der Waals surface area (Å²) in [6.07, 6.45) is 2.55. The lowest BCUT2D eigenvalue weighted by Crippen LogP contribution is -1.96. The largest absolute Gasteiger partial charge is 0.399 e. The molecule has 0 spiro atoms. The topological polar surface area (TPSA) is 64.6 Å². The van der Waals surface area contributed by atoms with Crippen LogP contribution in [-0.4, -0.2) is 12.7 Å². The number of aryl methyl sites for hydroxylation is 1. The summed E-state index contributed by atoms with van der Waals surface area (Å²) in [7, 11) is 0. The molecule has 0 radical (unpaired) electrons. The maximum atomic E-state index is 5.67. The average Bonchev–Trinajstić information content (AvgIpc) is 2.81. The maximum absolute atomic E-state index is 5.67. The molecule has 1 aliphatic rings. The molecule has 70 valence electrons. The van der Waals surface area contributed by atoms with Crippen LogP contribution in [0.1, 0.15) is 12.0 Å². The molecule has 1 fully saturated rings. The first-order valence-electron chi connectivity index (χ1n) is 4.50. The van der Waals surface area contributed by atoms with E-state index >= 15 is 0 Å². The monoisotopic (exact) mass is 178 g/mol. The van der Waals surface area contributed by atoms with Gasteiger partial charge in [-0.25, -0.2) is 0 Å². The van der Waals surface area contributed by atoms with Gasteiger partial charge in [-0.2, -0.15) is 0 Å². The average molecular weight is 178 g/mol. The second-order valence-electron chi connectivity index (χ2n) is 3.50. The van der Waals surface area contributed by atoms with Gasteiger partial charge in [-0.1, -0.05) is 0 Å². The van der Waals surface area contributed by atoms with Crippen molar-refractivity contribution in [1.29, 1.82) is 0 Å². The molecule has 0 amide bonds. The maximum Gasteiger partial charge on any atom is 0.0813 e. The van der Waals surface area contributed by atoms with Crippen LogP contribution in [-0.2, 0) is 11.2 Å². The molecule has 3 nitrogen and oxygen atoms in total. The van der Waals surface area contributed by atoms with Crippen molar-refractivity contribution in [2.45, 2.75) is 18.9 Å². The molecule has 0 aliphatic carbocycles. The molecule has 1 heterocycles. The lowest BCUT2D eigenvalue weighted by molar-refractivity contribution is 0.397. The Morgan fingerprint density at radius 3 is 2.38 bits per heavy atom. The van der Waals surface area contributed by atoms with E-state index in [1.807, 2.05) is 12.1 Å². The molecule has 1 saturated heterocycles. The minimum absolute atomic E-state index is 0.475. The summed E-state index contributed by atoms with van der Waals surface area (Å²) in [5.41, 5.74) is 14.0. The van der Waals surface area contributed by atoms with Gasteiger partial charge in [0.05, 0.1) is 12.7 Å². The Morgan fingerprint density at radius 2 is 1.85 bits per heavy atom. The highest BCUT2D eigenvalue weighted by Crippen LogP contribution is 2.19. The number of ether oxygens (including phenoxy) is 1. The molecule has 1 unspecified atom stereocenters. The van der Waals surface area contributed by atoms with E-state index in [-0.39, 0.29) is 0 Å². The SMILES string of the molecule is Nc1cc(N)cc(CCC2CO2)c1. The third-order valence-corrected chi connectivity index (χ3v) is 2.19. The van der Waals surface area contributed by atoms with E-state index in [1.54, 1.807) is 6.07 Å². The molecule has 2 rings (SSSR count).